The van der Waals surface area contributed by atoms with E-state index in [2.05, 4.69) is 10.5 Å². The lowest BCUT2D eigenvalue weighted by Gasteiger charge is -2.12. The number of nitrogens with one attached hydrogen (secondary N) is 1. The summed E-state index contributed by atoms with van der Waals surface area (Å²) in [6.45, 7) is 6.92. The molecule has 0 radical (unpaired) electrons. The van der Waals surface area contributed by atoms with E-state index in [1.165, 1.54) is 0 Å². The highest BCUT2D eigenvalue weighted by atomic mass is 16.5. The van der Waals surface area contributed by atoms with Crippen molar-refractivity contribution in [2.45, 2.75) is 33.1 Å². The summed E-state index contributed by atoms with van der Waals surface area (Å²) >= 11 is 0. The van der Waals surface area contributed by atoms with Crippen LogP contribution < -0.4 is 5.32 Å². The summed E-state index contributed by atoms with van der Waals surface area (Å²) in [5, 5.41) is 15.2. The van der Waals surface area contributed by atoms with Crippen LogP contribution in [-0.2, 0) is 9.53 Å². The van der Waals surface area contributed by atoms with E-state index in [4.69, 9.17) is 14.4 Å². The van der Waals surface area contributed by atoms with Gasteiger partial charge in [0, 0.05) is 18.7 Å². The van der Waals surface area contributed by atoms with Gasteiger partial charge in [-0.15, -0.1) is 0 Å². The number of hydrogen-bond acceptors (Lipinski definition) is 5. The lowest BCUT2D eigenvalue weighted by Crippen LogP contribution is -2.30. The maximum Gasteiger partial charge on any atom is 0.227 e. The van der Waals surface area contributed by atoms with Gasteiger partial charge in [-0.05, 0) is 27.2 Å². The Morgan fingerprint density at radius 2 is 2.21 bits per heavy atom. The number of aliphatic hydroxyl groups is 1. The standard InChI is InChI=1S/C13H22N2O4/c1-9(12-10(2)15-19-11(12)3)13(17)14-5-4-7-18-8-6-16/h9,16H,4-8H2,1-3H3,(H,14,17). The fraction of sp³-hybridized carbons (Fsp3) is 0.692. The normalized spacial score (nSPS) is 12.4. The van der Waals surface area contributed by atoms with Crippen LogP contribution in [0.1, 0.15) is 36.3 Å². The van der Waals surface area contributed by atoms with Crippen LogP contribution in [-0.4, -0.2) is 42.5 Å². The molecule has 1 amide bonds. The predicted molar refractivity (Wildman–Crippen MR) is 69.9 cm³/mol. The van der Waals surface area contributed by atoms with E-state index in [-0.39, 0.29) is 18.4 Å². The summed E-state index contributed by atoms with van der Waals surface area (Å²) < 4.78 is 10.2. The molecule has 0 spiro atoms. The van der Waals surface area contributed by atoms with E-state index in [9.17, 15) is 4.79 Å². The summed E-state index contributed by atoms with van der Waals surface area (Å²) in [6.07, 6.45) is 0.722. The van der Waals surface area contributed by atoms with E-state index in [1.807, 2.05) is 20.8 Å². The summed E-state index contributed by atoms with van der Waals surface area (Å²) in [7, 11) is 0. The number of amides is 1. The van der Waals surface area contributed by atoms with Gasteiger partial charge in [-0.25, -0.2) is 0 Å². The van der Waals surface area contributed by atoms with Crippen LogP contribution in [0, 0.1) is 13.8 Å². The number of carbonyl (C=O) groups is 1. The third kappa shape index (κ3) is 4.65. The number of aryl methyl sites for hydroxylation is 2. The Hall–Kier alpha value is -1.40. The zero-order valence-corrected chi connectivity index (χ0v) is 11.7. The highest BCUT2D eigenvalue weighted by Crippen LogP contribution is 2.22. The number of carbonyl (C=O) groups excluding carboxylic acids is 1. The highest BCUT2D eigenvalue weighted by Gasteiger charge is 2.22. The molecule has 6 heteroatoms. The zero-order chi connectivity index (χ0) is 14.3. The molecule has 0 aliphatic carbocycles. The van der Waals surface area contributed by atoms with Crippen LogP contribution in [0.3, 0.4) is 0 Å². The fourth-order valence-electron chi connectivity index (χ4n) is 1.94. The molecule has 0 fully saturated rings. The first-order valence-corrected chi connectivity index (χ1v) is 6.47. The molecule has 2 N–H and O–H groups in total. The Morgan fingerprint density at radius 3 is 2.79 bits per heavy atom. The SMILES string of the molecule is Cc1noc(C)c1C(C)C(=O)NCCCOCCO. The van der Waals surface area contributed by atoms with Gasteiger partial charge in [-0.2, -0.15) is 0 Å². The molecule has 1 heterocycles. The number of nitrogens with zero attached hydrogens (tertiary/aromatic N) is 1. The minimum Gasteiger partial charge on any atom is -0.394 e. The third-order valence-electron chi connectivity index (χ3n) is 2.92. The van der Waals surface area contributed by atoms with Crippen molar-refractivity contribution < 1.29 is 19.2 Å². The smallest absolute Gasteiger partial charge is 0.227 e. The second kappa shape index (κ2) is 7.91. The number of aliphatic hydroxyl groups excluding tert-OH is 1. The molecule has 1 rings (SSSR count). The first kappa shape index (κ1) is 15.7. The van der Waals surface area contributed by atoms with Crippen molar-refractivity contribution in [3.05, 3.63) is 17.0 Å². The number of ether oxygens (including phenoxy) is 1. The topological polar surface area (TPSA) is 84.6 Å². The lowest BCUT2D eigenvalue weighted by atomic mass is 9.99. The average molecular weight is 270 g/mol. The molecule has 1 unspecified atom stereocenters. The molecule has 19 heavy (non-hydrogen) atoms. The second-order valence-corrected chi connectivity index (χ2v) is 4.44. The monoisotopic (exact) mass is 270 g/mol. The Bertz CT molecular complexity index is 384. The van der Waals surface area contributed by atoms with Gasteiger partial charge in [0.2, 0.25) is 5.91 Å². The molecule has 0 saturated heterocycles. The molecule has 0 aliphatic rings. The van der Waals surface area contributed by atoms with E-state index in [1.54, 1.807) is 0 Å². The molecule has 0 bridgehead atoms. The Morgan fingerprint density at radius 1 is 1.47 bits per heavy atom. The molecule has 108 valence electrons. The molecule has 0 saturated carbocycles. The van der Waals surface area contributed by atoms with Gasteiger partial charge >= 0.3 is 0 Å². The minimum atomic E-state index is -0.274. The Balaban J connectivity index is 2.33. The first-order valence-electron chi connectivity index (χ1n) is 6.47. The highest BCUT2D eigenvalue weighted by molar-refractivity contribution is 5.83. The summed E-state index contributed by atoms with van der Waals surface area (Å²) in [6, 6.07) is 0. The molecule has 6 nitrogen and oxygen atoms in total. The molecular weight excluding hydrogens is 248 g/mol. The maximum atomic E-state index is 12.0. The van der Waals surface area contributed by atoms with Crippen LogP contribution in [0.15, 0.2) is 4.52 Å². The fourth-order valence-corrected chi connectivity index (χ4v) is 1.94. The summed E-state index contributed by atoms with van der Waals surface area (Å²) in [4.78, 5) is 12.0. The summed E-state index contributed by atoms with van der Waals surface area (Å²) in [5.41, 5.74) is 1.61. The lowest BCUT2D eigenvalue weighted by molar-refractivity contribution is -0.122. The van der Waals surface area contributed by atoms with Crippen LogP contribution in [0.5, 0.6) is 0 Å². The molecule has 1 aromatic rings. The number of aromatic nitrogens is 1. The first-order chi connectivity index (χ1) is 9.07. The third-order valence-corrected chi connectivity index (χ3v) is 2.92. The molecule has 1 atom stereocenters. The van der Waals surface area contributed by atoms with Crippen molar-refractivity contribution in [3.8, 4) is 0 Å². The van der Waals surface area contributed by atoms with Gasteiger partial charge < -0.3 is 19.7 Å². The molecule has 1 aromatic heterocycles. The van der Waals surface area contributed by atoms with Gasteiger partial charge in [0.05, 0.1) is 24.8 Å². The van der Waals surface area contributed by atoms with E-state index < -0.39 is 0 Å². The number of hydrogen-bond donors (Lipinski definition) is 2. The van der Waals surface area contributed by atoms with Crippen LogP contribution >= 0.6 is 0 Å². The van der Waals surface area contributed by atoms with E-state index in [0.29, 0.717) is 25.5 Å². The van der Waals surface area contributed by atoms with Crippen molar-refractivity contribution in [2.24, 2.45) is 0 Å². The molecular formula is C13H22N2O4. The van der Waals surface area contributed by atoms with Gasteiger partial charge in [-0.3, -0.25) is 4.79 Å². The van der Waals surface area contributed by atoms with Crippen LogP contribution in [0.25, 0.3) is 0 Å². The zero-order valence-electron chi connectivity index (χ0n) is 11.7. The Labute approximate surface area is 113 Å². The van der Waals surface area contributed by atoms with Crippen LogP contribution in [0.4, 0.5) is 0 Å². The van der Waals surface area contributed by atoms with E-state index >= 15 is 0 Å². The van der Waals surface area contributed by atoms with Crippen molar-refractivity contribution in [1.82, 2.24) is 10.5 Å². The van der Waals surface area contributed by atoms with Gasteiger partial charge in [-0.1, -0.05) is 5.16 Å². The Kier molecular flexibility index (Phi) is 6.52. The van der Waals surface area contributed by atoms with Crippen molar-refractivity contribution in [3.63, 3.8) is 0 Å². The average Bonchev–Trinajstić information content (AvgIpc) is 2.72. The van der Waals surface area contributed by atoms with Crippen LogP contribution in [0.2, 0.25) is 0 Å². The minimum absolute atomic E-state index is 0.0233. The molecule has 0 aromatic carbocycles. The largest absolute Gasteiger partial charge is 0.394 e. The quantitative estimate of drug-likeness (QED) is 0.686. The van der Waals surface area contributed by atoms with Crippen molar-refractivity contribution >= 4 is 5.91 Å². The summed E-state index contributed by atoms with van der Waals surface area (Å²) in [5.74, 6) is 0.368. The van der Waals surface area contributed by atoms with Gasteiger partial charge in [0.15, 0.2) is 0 Å². The predicted octanol–water partition coefficient (Wildman–Crippen LogP) is 0.910. The van der Waals surface area contributed by atoms with Gasteiger partial charge in [0.1, 0.15) is 5.76 Å². The van der Waals surface area contributed by atoms with Crippen molar-refractivity contribution in [1.29, 1.82) is 0 Å². The number of rotatable bonds is 8. The molecule has 0 aliphatic heterocycles. The van der Waals surface area contributed by atoms with E-state index in [0.717, 1.165) is 17.7 Å². The van der Waals surface area contributed by atoms with Gasteiger partial charge in [0.25, 0.3) is 0 Å². The van der Waals surface area contributed by atoms with Crippen molar-refractivity contribution in [2.75, 3.05) is 26.4 Å². The second-order valence-electron chi connectivity index (χ2n) is 4.44. The maximum absolute atomic E-state index is 12.0.